The van der Waals surface area contributed by atoms with Gasteiger partial charge in [-0.05, 0) is 6.42 Å². The van der Waals surface area contributed by atoms with Gasteiger partial charge in [0.25, 0.3) is 5.56 Å². The number of aromatic nitrogens is 2. The highest BCUT2D eigenvalue weighted by Crippen LogP contribution is 2.02. The Morgan fingerprint density at radius 3 is 2.80 bits per heavy atom. The quantitative estimate of drug-likeness (QED) is 0.794. The smallest absolute Gasteiger partial charge is 0.293 e. The first-order valence-corrected chi connectivity index (χ1v) is 7.42. The van der Waals surface area contributed by atoms with Crippen molar-refractivity contribution in [3.8, 4) is 0 Å². The zero-order valence-electron chi connectivity index (χ0n) is 12.5. The molecule has 1 fully saturated rings. The van der Waals surface area contributed by atoms with Gasteiger partial charge in [-0.15, -0.1) is 0 Å². The predicted octanol–water partition coefficient (Wildman–Crippen LogP) is -0.00530. The number of aryl methyl sites for hydroxylation is 1. The van der Waals surface area contributed by atoms with E-state index in [9.17, 15) is 4.79 Å². The highest BCUT2D eigenvalue weighted by atomic mass is 16.1. The van der Waals surface area contributed by atoms with Gasteiger partial charge in [0, 0.05) is 65.3 Å². The molecule has 20 heavy (non-hydrogen) atoms. The Hall–Kier alpha value is -1.40. The van der Waals surface area contributed by atoms with Crippen LogP contribution >= 0.6 is 0 Å². The molecule has 0 saturated carbocycles. The van der Waals surface area contributed by atoms with E-state index in [0.717, 1.165) is 52.2 Å². The van der Waals surface area contributed by atoms with E-state index in [1.54, 1.807) is 17.0 Å². The van der Waals surface area contributed by atoms with Gasteiger partial charge in [0.05, 0.1) is 0 Å². The van der Waals surface area contributed by atoms with Crippen molar-refractivity contribution in [1.82, 2.24) is 19.8 Å². The van der Waals surface area contributed by atoms with E-state index in [0.29, 0.717) is 5.82 Å². The van der Waals surface area contributed by atoms with Gasteiger partial charge < -0.3 is 14.8 Å². The third kappa shape index (κ3) is 3.80. The summed E-state index contributed by atoms with van der Waals surface area (Å²) in [4.78, 5) is 20.9. The maximum absolute atomic E-state index is 12.3. The molecular weight excluding hydrogens is 254 g/mol. The lowest BCUT2D eigenvalue weighted by atomic mass is 10.3. The average molecular weight is 279 g/mol. The fourth-order valence-electron chi connectivity index (χ4n) is 2.45. The summed E-state index contributed by atoms with van der Waals surface area (Å²) in [6.07, 6.45) is 4.43. The molecule has 1 saturated heterocycles. The largest absolute Gasteiger partial charge is 0.354 e. The zero-order valence-corrected chi connectivity index (χ0v) is 12.5. The molecule has 1 aromatic heterocycles. The van der Waals surface area contributed by atoms with Crippen molar-refractivity contribution in [1.29, 1.82) is 0 Å². The molecule has 112 valence electrons. The Morgan fingerprint density at radius 2 is 2.10 bits per heavy atom. The van der Waals surface area contributed by atoms with Crippen molar-refractivity contribution in [3.63, 3.8) is 0 Å². The van der Waals surface area contributed by atoms with Crippen LogP contribution in [0.25, 0.3) is 0 Å². The van der Waals surface area contributed by atoms with E-state index >= 15 is 0 Å². The summed E-state index contributed by atoms with van der Waals surface area (Å²) in [5, 5.41) is 3.34. The van der Waals surface area contributed by atoms with E-state index in [1.165, 1.54) is 0 Å². The predicted molar refractivity (Wildman–Crippen MR) is 81.4 cm³/mol. The van der Waals surface area contributed by atoms with Gasteiger partial charge in [-0.3, -0.25) is 9.69 Å². The molecule has 0 amide bonds. The Labute approximate surface area is 120 Å². The van der Waals surface area contributed by atoms with Crippen molar-refractivity contribution in [2.75, 3.05) is 51.2 Å². The molecule has 0 aliphatic carbocycles. The number of likely N-dealkylation sites (N-methyl/N-ethyl adjacent to an activating group) is 1. The number of hydrogen-bond donors (Lipinski definition) is 1. The minimum Gasteiger partial charge on any atom is -0.354 e. The standard InChI is InChI=1S/C14H25N5O/c1-3-7-19-10-6-16-13(14(19)20)17(2)11-12-18-8-4-15-5-9-18/h6,10,15H,3-5,7-9,11-12H2,1-2H3. The number of rotatable bonds is 6. The summed E-state index contributed by atoms with van der Waals surface area (Å²) in [5.41, 5.74) is 0.0113. The molecule has 6 nitrogen and oxygen atoms in total. The summed E-state index contributed by atoms with van der Waals surface area (Å²) in [6.45, 7) is 8.89. The Bertz CT molecular complexity index is 467. The topological polar surface area (TPSA) is 53.4 Å². The minimum atomic E-state index is 0.0113. The molecule has 2 rings (SSSR count). The number of piperazine rings is 1. The molecule has 0 spiro atoms. The van der Waals surface area contributed by atoms with Gasteiger partial charge in [0.15, 0.2) is 5.82 Å². The number of nitrogens with one attached hydrogen (secondary N) is 1. The molecule has 1 N–H and O–H groups in total. The van der Waals surface area contributed by atoms with Crippen molar-refractivity contribution in [3.05, 3.63) is 22.7 Å². The van der Waals surface area contributed by atoms with Gasteiger partial charge in [-0.2, -0.15) is 0 Å². The van der Waals surface area contributed by atoms with Gasteiger partial charge >= 0.3 is 0 Å². The van der Waals surface area contributed by atoms with Gasteiger partial charge in [-0.1, -0.05) is 6.92 Å². The summed E-state index contributed by atoms with van der Waals surface area (Å²) < 4.78 is 1.74. The normalized spacial score (nSPS) is 16.3. The van der Waals surface area contributed by atoms with Crippen LogP contribution in [0.1, 0.15) is 13.3 Å². The van der Waals surface area contributed by atoms with Crippen LogP contribution < -0.4 is 15.8 Å². The second-order valence-corrected chi connectivity index (χ2v) is 5.26. The van der Waals surface area contributed by atoms with Crippen LogP contribution in [0.5, 0.6) is 0 Å². The van der Waals surface area contributed by atoms with Gasteiger partial charge in [-0.25, -0.2) is 4.98 Å². The first-order valence-electron chi connectivity index (χ1n) is 7.42. The lowest BCUT2D eigenvalue weighted by Crippen LogP contribution is -2.46. The minimum absolute atomic E-state index is 0.0113. The van der Waals surface area contributed by atoms with Crippen LogP contribution in [0.4, 0.5) is 5.82 Å². The lowest BCUT2D eigenvalue weighted by Gasteiger charge is -2.29. The SMILES string of the molecule is CCCn1ccnc(N(C)CCN2CCNCC2)c1=O. The fraction of sp³-hybridized carbons (Fsp3) is 0.714. The van der Waals surface area contributed by atoms with E-state index in [2.05, 4.69) is 22.1 Å². The second-order valence-electron chi connectivity index (χ2n) is 5.26. The summed E-state index contributed by atoms with van der Waals surface area (Å²) in [5.74, 6) is 0.552. The molecule has 0 aromatic carbocycles. The first-order chi connectivity index (χ1) is 9.72. The summed E-state index contributed by atoms with van der Waals surface area (Å²) >= 11 is 0. The van der Waals surface area contributed by atoms with Crippen LogP contribution in [0.15, 0.2) is 17.2 Å². The van der Waals surface area contributed by atoms with Crippen molar-refractivity contribution >= 4 is 5.82 Å². The van der Waals surface area contributed by atoms with Crippen LogP contribution in [0.3, 0.4) is 0 Å². The number of nitrogens with zero attached hydrogens (tertiary/aromatic N) is 4. The third-order valence-electron chi connectivity index (χ3n) is 3.68. The van der Waals surface area contributed by atoms with Crippen LogP contribution in [-0.4, -0.2) is 60.8 Å². The lowest BCUT2D eigenvalue weighted by molar-refractivity contribution is 0.246. The van der Waals surface area contributed by atoms with E-state index in [-0.39, 0.29) is 5.56 Å². The number of hydrogen-bond acceptors (Lipinski definition) is 5. The van der Waals surface area contributed by atoms with E-state index in [1.807, 2.05) is 11.9 Å². The monoisotopic (exact) mass is 279 g/mol. The van der Waals surface area contributed by atoms with Crippen molar-refractivity contribution in [2.45, 2.75) is 19.9 Å². The Kier molecular flexibility index (Phi) is 5.55. The van der Waals surface area contributed by atoms with Crippen molar-refractivity contribution < 1.29 is 0 Å². The fourth-order valence-corrected chi connectivity index (χ4v) is 2.45. The average Bonchev–Trinajstić information content (AvgIpc) is 2.48. The highest BCUT2D eigenvalue weighted by Gasteiger charge is 2.13. The molecule has 0 atom stereocenters. The van der Waals surface area contributed by atoms with Crippen LogP contribution in [0, 0.1) is 0 Å². The van der Waals surface area contributed by atoms with E-state index < -0.39 is 0 Å². The number of anilines is 1. The summed E-state index contributed by atoms with van der Waals surface area (Å²) in [7, 11) is 1.95. The molecule has 1 aliphatic rings. The zero-order chi connectivity index (χ0) is 14.4. The molecule has 2 heterocycles. The summed E-state index contributed by atoms with van der Waals surface area (Å²) in [6, 6.07) is 0. The first kappa shape index (κ1) is 15.0. The molecule has 0 bridgehead atoms. The molecule has 0 unspecified atom stereocenters. The van der Waals surface area contributed by atoms with Crippen LogP contribution in [0.2, 0.25) is 0 Å². The van der Waals surface area contributed by atoms with Gasteiger partial charge in [0.2, 0.25) is 0 Å². The molecule has 1 aliphatic heterocycles. The molecule has 6 heteroatoms. The molecule has 1 aromatic rings. The Morgan fingerprint density at radius 1 is 1.35 bits per heavy atom. The second kappa shape index (κ2) is 7.40. The van der Waals surface area contributed by atoms with E-state index in [4.69, 9.17) is 0 Å². The van der Waals surface area contributed by atoms with Crippen molar-refractivity contribution in [2.24, 2.45) is 0 Å². The molecule has 0 radical (unpaired) electrons. The molecular formula is C14H25N5O. The Balaban J connectivity index is 1.96. The van der Waals surface area contributed by atoms with Gasteiger partial charge in [0.1, 0.15) is 0 Å². The van der Waals surface area contributed by atoms with Crippen LogP contribution in [-0.2, 0) is 6.54 Å². The maximum atomic E-state index is 12.3. The highest BCUT2D eigenvalue weighted by molar-refractivity contribution is 5.34. The third-order valence-corrected chi connectivity index (χ3v) is 3.68. The maximum Gasteiger partial charge on any atom is 0.293 e.